The van der Waals surface area contributed by atoms with Crippen molar-refractivity contribution >= 4 is 5.69 Å². The average Bonchev–Trinajstić information content (AvgIpc) is 2.48. The normalized spacial score (nSPS) is 11.4. The van der Waals surface area contributed by atoms with E-state index in [1.54, 1.807) is 7.11 Å². The number of ether oxygens (including phenoxy) is 1. The fraction of sp³-hybridized carbons (Fsp3) is 0.235. The number of aryl methyl sites for hydroxylation is 1. The largest absolute Gasteiger partial charge is 0.496 e. The van der Waals surface area contributed by atoms with Gasteiger partial charge in [-0.05, 0) is 36.2 Å². The third-order valence-corrected chi connectivity index (χ3v) is 3.23. The summed E-state index contributed by atoms with van der Waals surface area (Å²) in [5, 5.41) is 12.4. The van der Waals surface area contributed by atoms with Crippen molar-refractivity contribution in [2.45, 2.75) is 19.4 Å². The zero-order valence-electron chi connectivity index (χ0n) is 11.8. The second-order valence-electron chi connectivity index (χ2n) is 4.65. The minimum Gasteiger partial charge on any atom is -0.496 e. The van der Waals surface area contributed by atoms with E-state index in [-0.39, 0.29) is 6.04 Å². The molecule has 1 unspecified atom stereocenters. The van der Waals surface area contributed by atoms with Crippen molar-refractivity contribution in [2.75, 3.05) is 12.4 Å². The van der Waals surface area contributed by atoms with Crippen LogP contribution in [0.4, 0.5) is 5.69 Å². The molecule has 3 nitrogen and oxygen atoms in total. The van der Waals surface area contributed by atoms with E-state index in [9.17, 15) is 0 Å². The Bertz CT molecular complexity index is 602. The molecule has 0 amide bonds. The third-order valence-electron chi connectivity index (χ3n) is 3.23. The highest BCUT2D eigenvalue weighted by Gasteiger charge is 2.11. The molecule has 3 heteroatoms. The van der Waals surface area contributed by atoms with Gasteiger partial charge in [-0.25, -0.2) is 0 Å². The number of anilines is 1. The maximum absolute atomic E-state index is 9.00. The van der Waals surface area contributed by atoms with Crippen LogP contribution in [0, 0.1) is 18.3 Å². The second kappa shape index (κ2) is 6.63. The third kappa shape index (κ3) is 3.30. The van der Waals surface area contributed by atoms with Crippen molar-refractivity contribution in [2.24, 2.45) is 0 Å². The van der Waals surface area contributed by atoms with Gasteiger partial charge in [0.2, 0.25) is 0 Å². The SMILES string of the molecule is COc1ccc(NC(CC#N)c2ccccc2)cc1C. The van der Waals surface area contributed by atoms with E-state index < -0.39 is 0 Å². The number of rotatable bonds is 5. The van der Waals surface area contributed by atoms with Crippen LogP contribution in [0.3, 0.4) is 0 Å². The van der Waals surface area contributed by atoms with Gasteiger partial charge >= 0.3 is 0 Å². The highest BCUT2D eigenvalue weighted by Crippen LogP contribution is 2.26. The van der Waals surface area contributed by atoms with Gasteiger partial charge < -0.3 is 10.1 Å². The standard InChI is InChI=1S/C17H18N2O/c1-13-12-15(8-9-17(13)20-2)19-16(10-11-18)14-6-4-3-5-7-14/h3-9,12,16,19H,10H2,1-2H3. The lowest BCUT2D eigenvalue weighted by atomic mass is 10.0. The molecular formula is C17H18N2O. The summed E-state index contributed by atoms with van der Waals surface area (Å²) in [5.41, 5.74) is 3.18. The van der Waals surface area contributed by atoms with E-state index in [4.69, 9.17) is 10.00 Å². The number of hydrogen-bond donors (Lipinski definition) is 1. The fourth-order valence-electron chi connectivity index (χ4n) is 2.20. The molecule has 0 spiro atoms. The molecule has 2 aromatic rings. The molecule has 1 N–H and O–H groups in total. The lowest BCUT2D eigenvalue weighted by Crippen LogP contribution is -2.10. The molecule has 1 atom stereocenters. The Labute approximate surface area is 119 Å². The van der Waals surface area contributed by atoms with Gasteiger partial charge in [-0.1, -0.05) is 30.3 Å². The summed E-state index contributed by atoms with van der Waals surface area (Å²) in [6.07, 6.45) is 0.426. The Morgan fingerprint density at radius 3 is 2.55 bits per heavy atom. The molecule has 0 saturated carbocycles. The van der Waals surface area contributed by atoms with Gasteiger partial charge in [-0.15, -0.1) is 0 Å². The van der Waals surface area contributed by atoms with E-state index in [0.29, 0.717) is 6.42 Å². The lowest BCUT2D eigenvalue weighted by Gasteiger charge is -2.18. The first kappa shape index (κ1) is 14.0. The van der Waals surface area contributed by atoms with Crippen LogP contribution in [0.5, 0.6) is 5.75 Å². The molecule has 0 aliphatic carbocycles. The predicted molar refractivity (Wildman–Crippen MR) is 80.8 cm³/mol. The van der Waals surface area contributed by atoms with Crippen molar-refractivity contribution < 1.29 is 4.74 Å². The molecule has 20 heavy (non-hydrogen) atoms. The van der Waals surface area contributed by atoms with Crippen molar-refractivity contribution in [3.63, 3.8) is 0 Å². The van der Waals surface area contributed by atoms with E-state index in [1.807, 2.05) is 55.5 Å². The highest BCUT2D eigenvalue weighted by molar-refractivity contribution is 5.52. The number of methoxy groups -OCH3 is 1. The van der Waals surface area contributed by atoms with E-state index in [1.165, 1.54) is 0 Å². The fourth-order valence-corrected chi connectivity index (χ4v) is 2.20. The molecular weight excluding hydrogens is 248 g/mol. The van der Waals surface area contributed by atoms with Crippen LogP contribution in [-0.4, -0.2) is 7.11 Å². The first-order chi connectivity index (χ1) is 9.74. The molecule has 0 radical (unpaired) electrons. The Kier molecular flexibility index (Phi) is 4.62. The van der Waals surface area contributed by atoms with Crippen LogP contribution in [0.2, 0.25) is 0 Å². The summed E-state index contributed by atoms with van der Waals surface area (Å²) < 4.78 is 5.26. The average molecular weight is 266 g/mol. The summed E-state index contributed by atoms with van der Waals surface area (Å²) in [7, 11) is 1.66. The summed E-state index contributed by atoms with van der Waals surface area (Å²) in [6, 6.07) is 18.2. The molecule has 0 aliphatic rings. The number of hydrogen-bond acceptors (Lipinski definition) is 3. The maximum atomic E-state index is 9.00. The monoisotopic (exact) mass is 266 g/mol. The van der Waals surface area contributed by atoms with E-state index in [0.717, 1.165) is 22.6 Å². The van der Waals surface area contributed by atoms with Crippen molar-refractivity contribution in [3.8, 4) is 11.8 Å². The van der Waals surface area contributed by atoms with Crippen LogP contribution >= 0.6 is 0 Å². The van der Waals surface area contributed by atoms with Gasteiger partial charge in [-0.2, -0.15) is 5.26 Å². The van der Waals surface area contributed by atoms with Crippen molar-refractivity contribution in [1.82, 2.24) is 0 Å². The zero-order chi connectivity index (χ0) is 14.4. The summed E-state index contributed by atoms with van der Waals surface area (Å²) in [4.78, 5) is 0. The lowest BCUT2D eigenvalue weighted by molar-refractivity contribution is 0.412. The number of nitriles is 1. The van der Waals surface area contributed by atoms with Gasteiger partial charge in [0.25, 0.3) is 0 Å². The van der Waals surface area contributed by atoms with Crippen LogP contribution in [0.15, 0.2) is 48.5 Å². The Morgan fingerprint density at radius 2 is 1.95 bits per heavy atom. The van der Waals surface area contributed by atoms with Crippen LogP contribution in [0.1, 0.15) is 23.6 Å². The summed E-state index contributed by atoms with van der Waals surface area (Å²) in [5.74, 6) is 0.868. The zero-order valence-corrected chi connectivity index (χ0v) is 11.8. The summed E-state index contributed by atoms with van der Waals surface area (Å²) in [6.45, 7) is 2.01. The summed E-state index contributed by atoms with van der Waals surface area (Å²) >= 11 is 0. The Morgan fingerprint density at radius 1 is 1.20 bits per heavy atom. The smallest absolute Gasteiger partial charge is 0.121 e. The van der Waals surface area contributed by atoms with Gasteiger partial charge in [0.15, 0.2) is 0 Å². The molecule has 102 valence electrons. The minimum absolute atomic E-state index is 0.00556. The quantitative estimate of drug-likeness (QED) is 0.887. The molecule has 0 aliphatic heterocycles. The van der Waals surface area contributed by atoms with E-state index >= 15 is 0 Å². The highest BCUT2D eigenvalue weighted by atomic mass is 16.5. The Balaban J connectivity index is 2.21. The van der Waals surface area contributed by atoms with Gasteiger partial charge in [0.1, 0.15) is 5.75 Å². The van der Waals surface area contributed by atoms with Gasteiger partial charge in [-0.3, -0.25) is 0 Å². The molecule has 0 saturated heterocycles. The Hall–Kier alpha value is -2.47. The molecule has 0 bridgehead atoms. The molecule has 0 heterocycles. The van der Waals surface area contributed by atoms with Crippen LogP contribution < -0.4 is 10.1 Å². The van der Waals surface area contributed by atoms with Crippen LogP contribution in [-0.2, 0) is 0 Å². The maximum Gasteiger partial charge on any atom is 0.121 e. The second-order valence-corrected chi connectivity index (χ2v) is 4.65. The van der Waals surface area contributed by atoms with Gasteiger partial charge in [0.05, 0.1) is 25.6 Å². The first-order valence-corrected chi connectivity index (χ1v) is 6.57. The topological polar surface area (TPSA) is 45.0 Å². The predicted octanol–water partition coefficient (Wildman–Crippen LogP) is 4.07. The van der Waals surface area contributed by atoms with Crippen LogP contribution in [0.25, 0.3) is 0 Å². The number of nitrogens with zero attached hydrogens (tertiary/aromatic N) is 1. The van der Waals surface area contributed by atoms with Crippen molar-refractivity contribution in [3.05, 3.63) is 59.7 Å². The first-order valence-electron chi connectivity index (χ1n) is 6.57. The molecule has 0 aromatic heterocycles. The van der Waals surface area contributed by atoms with E-state index in [2.05, 4.69) is 11.4 Å². The minimum atomic E-state index is -0.00556. The number of nitrogens with one attached hydrogen (secondary N) is 1. The molecule has 2 rings (SSSR count). The number of benzene rings is 2. The molecule has 2 aromatic carbocycles. The van der Waals surface area contributed by atoms with Gasteiger partial charge in [0, 0.05) is 5.69 Å². The molecule has 0 fully saturated rings. The van der Waals surface area contributed by atoms with Crippen molar-refractivity contribution in [1.29, 1.82) is 5.26 Å².